The molecule has 0 spiro atoms. The van der Waals surface area contributed by atoms with E-state index in [0.29, 0.717) is 24.5 Å². The number of hydrogen-bond donors (Lipinski definition) is 0. The van der Waals surface area contributed by atoms with Crippen LogP contribution in [0.2, 0.25) is 0 Å². The summed E-state index contributed by atoms with van der Waals surface area (Å²) in [5.41, 5.74) is 0. The minimum absolute atomic E-state index is 0.307. The molecule has 0 N–H and O–H groups in total. The van der Waals surface area contributed by atoms with E-state index in [4.69, 9.17) is 4.74 Å². The highest BCUT2D eigenvalue weighted by atomic mass is 16.5. The first-order chi connectivity index (χ1) is 9.04. The van der Waals surface area contributed by atoms with Gasteiger partial charge in [-0.15, -0.1) is 0 Å². The fourth-order valence-electron chi connectivity index (χ4n) is 2.54. The molecule has 19 heavy (non-hydrogen) atoms. The van der Waals surface area contributed by atoms with Gasteiger partial charge in [-0.1, -0.05) is 6.92 Å². The summed E-state index contributed by atoms with van der Waals surface area (Å²) in [5, 5.41) is 0. The maximum Gasteiger partial charge on any atom is 0.222 e. The Morgan fingerprint density at radius 3 is 2.53 bits per heavy atom. The molecule has 1 rings (SSSR count). The van der Waals surface area contributed by atoms with Gasteiger partial charge in [0.2, 0.25) is 5.91 Å². The number of hydrogen-bond acceptors (Lipinski definition) is 3. The van der Waals surface area contributed by atoms with Gasteiger partial charge in [-0.3, -0.25) is 4.79 Å². The predicted octanol–water partition coefficient (Wildman–Crippen LogP) is 2.13. The zero-order valence-corrected chi connectivity index (χ0v) is 13.0. The van der Waals surface area contributed by atoms with Gasteiger partial charge in [-0.25, -0.2) is 0 Å². The number of nitrogens with zero attached hydrogens (tertiary/aromatic N) is 2. The van der Waals surface area contributed by atoms with Crippen molar-refractivity contribution in [3.05, 3.63) is 0 Å². The summed E-state index contributed by atoms with van der Waals surface area (Å²) in [5.74, 6) is 0.326. The van der Waals surface area contributed by atoms with Crippen LogP contribution in [-0.2, 0) is 9.53 Å². The average Bonchev–Trinajstić information content (AvgIpc) is 2.38. The molecular formula is C15H30N2O2. The molecule has 0 radical (unpaired) electrons. The van der Waals surface area contributed by atoms with E-state index in [1.807, 2.05) is 4.90 Å². The molecule has 1 saturated heterocycles. The molecule has 1 heterocycles. The largest absolute Gasteiger partial charge is 0.377 e. The van der Waals surface area contributed by atoms with Gasteiger partial charge in [0.25, 0.3) is 0 Å². The molecule has 112 valence electrons. The van der Waals surface area contributed by atoms with Gasteiger partial charge < -0.3 is 14.5 Å². The molecule has 0 atom stereocenters. The maximum atomic E-state index is 11.8. The van der Waals surface area contributed by atoms with Gasteiger partial charge in [0.1, 0.15) is 0 Å². The number of rotatable bonds is 7. The zero-order valence-electron chi connectivity index (χ0n) is 13.0. The third kappa shape index (κ3) is 5.91. The van der Waals surface area contributed by atoms with Crippen LogP contribution in [0.3, 0.4) is 0 Å². The van der Waals surface area contributed by atoms with Crippen LogP contribution in [-0.4, -0.2) is 61.1 Å². The van der Waals surface area contributed by atoms with Crippen LogP contribution in [0.5, 0.6) is 0 Å². The molecule has 0 aromatic carbocycles. The molecular weight excluding hydrogens is 240 g/mol. The smallest absolute Gasteiger partial charge is 0.222 e. The number of ether oxygens (including phenoxy) is 1. The van der Waals surface area contributed by atoms with Gasteiger partial charge >= 0.3 is 0 Å². The number of carbonyl (C=O) groups excluding carboxylic acids is 1. The SMILES string of the molecule is CCCC(=O)N1CCC(N(C)CCOC(C)C)CC1. The Morgan fingerprint density at radius 1 is 1.37 bits per heavy atom. The second-order valence-electron chi connectivity index (χ2n) is 5.76. The Labute approximate surface area is 118 Å². The molecule has 4 heteroatoms. The summed E-state index contributed by atoms with van der Waals surface area (Å²) in [6.07, 6.45) is 4.14. The highest BCUT2D eigenvalue weighted by Crippen LogP contribution is 2.16. The fraction of sp³-hybridized carbons (Fsp3) is 0.933. The van der Waals surface area contributed by atoms with Crippen LogP contribution in [0.25, 0.3) is 0 Å². The van der Waals surface area contributed by atoms with Crippen molar-refractivity contribution < 1.29 is 9.53 Å². The van der Waals surface area contributed by atoms with Crippen molar-refractivity contribution in [1.82, 2.24) is 9.80 Å². The van der Waals surface area contributed by atoms with Gasteiger partial charge in [0, 0.05) is 32.1 Å². The van der Waals surface area contributed by atoms with Crippen LogP contribution in [0.4, 0.5) is 0 Å². The average molecular weight is 270 g/mol. The van der Waals surface area contributed by atoms with E-state index in [2.05, 4.69) is 32.7 Å². The first kappa shape index (κ1) is 16.4. The molecule has 0 unspecified atom stereocenters. The molecule has 0 aromatic rings. The Bertz CT molecular complexity index is 261. The van der Waals surface area contributed by atoms with Gasteiger partial charge in [-0.05, 0) is 40.2 Å². The summed E-state index contributed by atoms with van der Waals surface area (Å²) < 4.78 is 5.59. The van der Waals surface area contributed by atoms with Gasteiger partial charge in [0.05, 0.1) is 12.7 Å². The summed E-state index contributed by atoms with van der Waals surface area (Å²) in [7, 11) is 2.16. The molecule has 0 bridgehead atoms. The summed E-state index contributed by atoms with van der Waals surface area (Å²) >= 11 is 0. The highest BCUT2D eigenvalue weighted by molar-refractivity contribution is 5.76. The Morgan fingerprint density at radius 2 is 2.00 bits per heavy atom. The number of likely N-dealkylation sites (N-methyl/N-ethyl adjacent to an activating group) is 1. The zero-order chi connectivity index (χ0) is 14.3. The first-order valence-corrected chi connectivity index (χ1v) is 7.64. The molecule has 0 aliphatic carbocycles. The van der Waals surface area contributed by atoms with Crippen LogP contribution in [0.1, 0.15) is 46.5 Å². The molecule has 1 amide bonds. The third-order valence-electron chi connectivity index (χ3n) is 3.80. The van der Waals surface area contributed by atoms with Crippen molar-refractivity contribution in [2.45, 2.75) is 58.6 Å². The Hall–Kier alpha value is -0.610. The van der Waals surface area contributed by atoms with E-state index < -0.39 is 0 Å². The van der Waals surface area contributed by atoms with Crippen molar-refractivity contribution in [1.29, 1.82) is 0 Å². The second kappa shape index (κ2) is 8.54. The number of likely N-dealkylation sites (tertiary alicyclic amines) is 1. The van der Waals surface area contributed by atoms with Crippen molar-refractivity contribution in [2.75, 3.05) is 33.3 Å². The minimum atomic E-state index is 0.307. The summed E-state index contributed by atoms with van der Waals surface area (Å²) in [4.78, 5) is 16.2. The van der Waals surface area contributed by atoms with Gasteiger partial charge in [-0.2, -0.15) is 0 Å². The van der Waals surface area contributed by atoms with E-state index in [0.717, 1.165) is 45.5 Å². The fourth-order valence-corrected chi connectivity index (χ4v) is 2.54. The van der Waals surface area contributed by atoms with Crippen molar-refractivity contribution >= 4 is 5.91 Å². The molecule has 1 aliphatic rings. The quantitative estimate of drug-likeness (QED) is 0.710. The van der Waals surface area contributed by atoms with E-state index >= 15 is 0 Å². The number of amides is 1. The number of piperidine rings is 1. The molecule has 1 fully saturated rings. The molecule has 0 aromatic heterocycles. The van der Waals surface area contributed by atoms with E-state index in [1.165, 1.54) is 0 Å². The highest BCUT2D eigenvalue weighted by Gasteiger charge is 2.24. The van der Waals surface area contributed by atoms with E-state index in [9.17, 15) is 4.79 Å². The topological polar surface area (TPSA) is 32.8 Å². The monoisotopic (exact) mass is 270 g/mol. The lowest BCUT2D eigenvalue weighted by Gasteiger charge is -2.36. The number of carbonyl (C=O) groups is 1. The van der Waals surface area contributed by atoms with Gasteiger partial charge in [0.15, 0.2) is 0 Å². The van der Waals surface area contributed by atoms with Crippen LogP contribution < -0.4 is 0 Å². The van der Waals surface area contributed by atoms with Crippen molar-refractivity contribution in [3.8, 4) is 0 Å². The summed E-state index contributed by atoms with van der Waals surface area (Å²) in [6, 6.07) is 0.599. The molecule has 4 nitrogen and oxygen atoms in total. The lowest BCUT2D eigenvalue weighted by molar-refractivity contribution is -0.132. The standard InChI is InChI=1S/C15H30N2O2/c1-5-6-15(18)17-9-7-14(8-10-17)16(4)11-12-19-13(2)3/h13-14H,5-12H2,1-4H3. The summed E-state index contributed by atoms with van der Waals surface area (Å²) in [6.45, 7) is 9.80. The van der Waals surface area contributed by atoms with Crippen LogP contribution in [0.15, 0.2) is 0 Å². The second-order valence-corrected chi connectivity index (χ2v) is 5.76. The Balaban J connectivity index is 2.23. The molecule has 1 aliphatic heterocycles. The van der Waals surface area contributed by atoms with Crippen molar-refractivity contribution in [2.24, 2.45) is 0 Å². The maximum absolute atomic E-state index is 11.8. The first-order valence-electron chi connectivity index (χ1n) is 7.64. The lowest BCUT2D eigenvalue weighted by atomic mass is 10.0. The molecule has 0 saturated carbocycles. The normalized spacial score (nSPS) is 17.5. The third-order valence-corrected chi connectivity index (χ3v) is 3.80. The minimum Gasteiger partial charge on any atom is -0.377 e. The predicted molar refractivity (Wildman–Crippen MR) is 78.2 cm³/mol. The lowest BCUT2D eigenvalue weighted by Crippen LogP contribution is -2.46. The van der Waals surface area contributed by atoms with Crippen LogP contribution in [0, 0.1) is 0 Å². The van der Waals surface area contributed by atoms with Crippen molar-refractivity contribution in [3.63, 3.8) is 0 Å². The van der Waals surface area contributed by atoms with E-state index in [-0.39, 0.29) is 0 Å². The Kier molecular flexibility index (Phi) is 7.39. The van der Waals surface area contributed by atoms with Crippen LogP contribution >= 0.6 is 0 Å². The van der Waals surface area contributed by atoms with E-state index in [1.54, 1.807) is 0 Å².